The molecule has 0 aliphatic carbocycles. The topological polar surface area (TPSA) is 15.3 Å². The van der Waals surface area contributed by atoms with Gasteiger partial charge in [0.05, 0.1) is 0 Å². The lowest BCUT2D eigenvalue weighted by molar-refractivity contribution is 0.0921. The predicted octanol–water partition coefficient (Wildman–Crippen LogP) is 3.50. The van der Waals surface area contributed by atoms with Crippen LogP contribution in [-0.2, 0) is 0 Å². The van der Waals surface area contributed by atoms with E-state index in [1.807, 2.05) is 0 Å². The maximum absolute atomic E-state index is 3.70. The average molecular weight is 274 g/mol. The van der Waals surface area contributed by atoms with Crippen LogP contribution < -0.4 is 5.32 Å². The number of hydrogen-bond acceptors (Lipinski definition) is 2. The Morgan fingerprint density at radius 3 is 2.50 bits per heavy atom. The van der Waals surface area contributed by atoms with Gasteiger partial charge >= 0.3 is 0 Å². The summed E-state index contributed by atoms with van der Waals surface area (Å²) in [6, 6.07) is 12.3. The lowest BCUT2D eigenvalue weighted by atomic mass is 9.94. The van der Waals surface area contributed by atoms with Crippen LogP contribution in [0.25, 0.3) is 0 Å². The first kappa shape index (κ1) is 15.5. The Kier molecular flexibility index (Phi) is 5.62. The van der Waals surface area contributed by atoms with Crippen LogP contribution in [0.15, 0.2) is 30.3 Å². The standard InChI is InChI=1S/C18H30N2/c1-5-17-13-20(18(11-19-17)14(2)3)12-15(4)16-9-7-6-8-10-16/h6-10,14-15,17-19H,5,11-13H2,1-4H3. The molecule has 1 fully saturated rings. The molecule has 0 amide bonds. The van der Waals surface area contributed by atoms with Crippen molar-refractivity contribution in [1.29, 1.82) is 0 Å². The molecule has 0 aromatic heterocycles. The van der Waals surface area contributed by atoms with Crippen molar-refractivity contribution >= 4 is 0 Å². The van der Waals surface area contributed by atoms with Crippen molar-refractivity contribution in [2.45, 2.75) is 52.1 Å². The van der Waals surface area contributed by atoms with Gasteiger partial charge in [0.2, 0.25) is 0 Å². The second-order valence-electron chi connectivity index (χ2n) is 6.59. The highest BCUT2D eigenvalue weighted by molar-refractivity contribution is 5.19. The summed E-state index contributed by atoms with van der Waals surface area (Å²) in [5.74, 6) is 1.32. The van der Waals surface area contributed by atoms with Gasteiger partial charge in [-0.15, -0.1) is 0 Å². The van der Waals surface area contributed by atoms with Crippen molar-refractivity contribution in [3.63, 3.8) is 0 Å². The van der Waals surface area contributed by atoms with Gasteiger partial charge in [0.15, 0.2) is 0 Å². The van der Waals surface area contributed by atoms with Gasteiger partial charge in [-0.05, 0) is 23.8 Å². The molecule has 1 heterocycles. The smallest absolute Gasteiger partial charge is 0.0244 e. The van der Waals surface area contributed by atoms with E-state index >= 15 is 0 Å². The van der Waals surface area contributed by atoms with Crippen LogP contribution in [0.4, 0.5) is 0 Å². The molecule has 0 spiro atoms. The van der Waals surface area contributed by atoms with Crippen molar-refractivity contribution in [2.24, 2.45) is 5.92 Å². The van der Waals surface area contributed by atoms with Gasteiger partial charge in [-0.3, -0.25) is 4.90 Å². The van der Waals surface area contributed by atoms with E-state index in [0.29, 0.717) is 23.9 Å². The zero-order chi connectivity index (χ0) is 14.5. The third kappa shape index (κ3) is 3.83. The third-order valence-corrected chi connectivity index (χ3v) is 4.68. The quantitative estimate of drug-likeness (QED) is 0.884. The predicted molar refractivity (Wildman–Crippen MR) is 87.1 cm³/mol. The van der Waals surface area contributed by atoms with Gasteiger partial charge in [-0.25, -0.2) is 0 Å². The molecule has 0 bridgehead atoms. The molecule has 2 nitrogen and oxygen atoms in total. The summed E-state index contributed by atoms with van der Waals surface area (Å²) in [5, 5.41) is 3.70. The fraction of sp³-hybridized carbons (Fsp3) is 0.667. The number of rotatable bonds is 5. The summed E-state index contributed by atoms with van der Waals surface area (Å²) in [5.41, 5.74) is 1.46. The summed E-state index contributed by atoms with van der Waals surface area (Å²) < 4.78 is 0. The molecule has 20 heavy (non-hydrogen) atoms. The van der Waals surface area contributed by atoms with Gasteiger partial charge in [0, 0.05) is 31.7 Å². The molecule has 2 heteroatoms. The Morgan fingerprint density at radius 1 is 1.20 bits per heavy atom. The highest BCUT2D eigenvalue weighted by atomic mass is 15.2. The van der Waals surface area contributed by atoms with E-state index in [9.17, 15) is 0 Å². The van der Waals surface area contributed by atoms with E-state index in [1.54, 1.807) is 0 Å². The third-order valence-electron chi connectivity index (χ3n) is 4.68. The second kappa shape index (κ2) is 7.24. The van der Waals surface area contributed by atoms with E-state index in [2.05, 4.69) is 68.2 Å². The number of nitrogens with zero attached hydrogens (tertiary/aromatic N) is 1. The number of nitrogens with one attached hydrogen (secondary N) is 1. The normalized spacial score (nSPS) is 25.9. The van der Waals surface area contributed by atoms with Gasteiger partial charge in [-0.2, -0.15) is 0 Å². The Morgan fingerprint density at radius 2 is 1.90 bits per heavy atom. The fourth-order valence-corrected chi connectivity index (χ4v) is 3.28. The molecular formula is C18H30N2. The van der Waals surface area contributed by atoms with E-state index in [4.69, 9.17) is 0 Å². The van der Waals surface area contributed by atoms with Crippen LogP contribution in [0.5, 0.6) is 0 Å². The first-order valence-corrected chi connectivity index (χ1v) is 8.14. The molecule has 1 saturated heterocycles. The Labute approximate surface area is 124 Å². The van der Waals surface area contributed by atoms with E-state index < -0.39 is 0 Å². The number of hydrogen-bond donors (Lipinski definition) is 1. The average Bonchev–Trinajstić information content (AvgIpc) is 2.47. The lowest BCUT2D eigenvalue weighted by Gasteiger charge is -2.43. The lowest BCUT2D eigenvalue weighted by Crippen LogP contribution is -2.58. The minimum absolute atomic E-state index is 0.605. The summed E-state index contributed by atoms with van der Waals surface area (Å²) in [6.07, 6.45) is 1.22. The van der Waals surface area contributed by atoms with Crippen LogP contribution in [0.3, 0.4) is 0 Å². The molecule has 1 aliphatic rings. The van der Waals surface area contributed by atoms with Crippen molar-refractivity contribution in [1.82, 2.24) is 10.2 Å². The van der Waals surface area contributed by atoms with Crippen LogP contribution in [0.2, 0.25) is 0 Å². The van der Waals surface area contributed by atoms with Gasteiger partial charge in [0.1, 0.15) is 0 Å². The molecular weight excluding hydrogens is 244 g/mol. The molecule has 0 saturated carbocycles. The molecule has 3 atom stereocenters. The zero-order valence-corrected chi connectivity index (χ0v) is 13.5. The first-order chi connectivity index (χ1) is 9.61. The van der Waals surface area contributed by atoms with Crippen molar-refractivity contribution in [3.05, 3.63) is 35.9 Å². The van der Waals surface area contributed by atoms with Crippen LogP contribution in [-0.4, -0.2) is 36.6 Å². The van der Waals surface area contributed by atoms with Crippen LogP contribution in [0, 0.1) is 5.92 Å². The van der Waals surface area contributed by atoms with Crippen LogP contribution in [0.1, 0.15) is 45.6 Å². The fourth-order valence-electron chi connectivity index (χ4n) is 3.28. The van der Waals surface area contributed by atoms with Gasteiger partial charge in [0.25, 0.3) is 0 Å². The van der Waals surface area contributed by atoms with Gasteiger partial charge in [-0.1, -0.05) is 58.0 Å². The molecule has 1 aromatic carbocycles. The summed E-state index contributed by atoms with van der Waals surface area (Å²) >= 11 is 0. The van der Waals surface area contributed by atoms with Crippen molar-refractivity contribution < 1.29 is 0 Å². The summed E-state index contributed by atoms with van der Waals surface area (Å²) in [7, 11) is 0. The molecule has 1 aromatic rings. The van der Waals surface area contributed by atoms with Crippen molar-refractivity contribution in [3.8, 4) is 0 Å². The number of piperazine rings is 1. The maximum atomic E-state index is 3.70. The zero-order valence-electron chi connectivity index (χ0n) is 13.5. The van der Waals surface area contributed by atoms with Gasteiger partial charge < -0.3 is 5.32 Å². The monoisotopic (exact) mass is 274 g/mol. The minimum Gasteiger partial charge on any atom is -0.311 e. The van der Waals surface area contributed by atoms with E-state index in [1.165, 1.54) is 25.1 Å². The maximum Gasteiger partial charge on any atom is 0.0244 e. The minimum atomic E-state index is 0.605. The summed E-state index contributed by atoms with van der Waals surface area (Å²) in [6.45, 7) is 12.8. The Hall–Kier alpha value is -0.860. The Balaban J connectivity index is 2.03. The molecule has 112 valence electrons. The number of benzene rings is 1. The highest BCUT2D eigenvalue weighted by Gasteiger charge is 2.29. The van der Waals surface area contributed by atoms with Crippen LogP contribution >= 0.6 is 0 Å². The SMILES string of the molecule is CCC1CN(CC(C)c2ccccc2)C(C(C)C)CN1. The summed E-state index contributed by atoms with van der Waals surface area (Å²) in [4.78, 5) is 2.72. The molecule has 2 rings (SSSR count). The van der Waals surface area contributed by atoms with E-state index in [0.717, 1.165) is 6.54 Å². The van der Waals surface area contributed by atoms with E-state index in [-0.39, 0.29) is 0 Å². The first-order valence-electron chi connectivity index (χ1n) is 8.14. The molecule has 1 N–H and O–H groups in total. The highest BCUT2D eigenvalue weighted by Crippen LogP contribution is 2.22. The van der Waals surface area contributed by atoms with Crippen molar-refractivity contribution in [2.75, 3.05) is 19.6 Å². The second-order valence-corrected chi connectivity index (χ2v) is 6.59. The molecule has 1 aliphatic heterocycles. The molecule has 0 radical (unpaired) electrons. The Bertz CT molecular complexity index is 388. The largest absolute Gasteiger partial charge is 0.311 e. The molecule has 3 unspecified atom stereocenters.